The summed E-state index contributed by atoms with van der Waals surface area (Å²) in [5, 5.41) is 7.69. The Hall–Kier alpha value is -3.55. The molecule has 2 heterocycles. The lowest BCUT2D eigenvalue weighted by atomic mass is 10.2. The summed E-state index contributed by atoms with van der Waals surface area (Å²) in [6.45, 7) is 1.97. The van der Waals surface area contributed by atoms with Gasteiger partial charge in [0.05, 0.1) is 27.0 Å². The van der Waals surface area contributed by atoms with Crippen LogP contribution in [0.3, 0.4) is 0 Å². The molecule has 4 aromatic rings. The second-order valence-corrected chi connectivity index (χ2v) is 5.91. The zero-order valence-electron chi connectivity index (χ0n) is 15.4. The van der Waals surface area contributed by atoms with E-state index in [1.807, 2.05) is 35.8 Å². The standard InChI is InChI=1S/C19H18N4O4/c1-11-5-13(23-9-20-21-10-23)8-14-17(11)27-19(22-14)12-6-15(24-2)18(26-4)16(7-12)25-3/h5-10H,1-4H3. The fourth-order valence-electron chi connectivity index (χ4n) is 2.99. The Kier molecular flexibility index (Phi) is 4.15. The summed E-state index contributed by atoms with van der Waals surface area (Å²) < 4.78 is 24.0. The number of hydrogen-bond acceptors (Lipinski definition) is 7. The van der Waals surface area contributed by atoms with Gasteiger partial charge in [-0.15, -0.1) is 10.2 Å². The van der Waals surface area contributed by atoms with Gasteiger partial charge in [0.15, 0.2) is 17.1 Å². The number of ether oxygens (including phenoxy) is 3. The third-order valence-electron chi connectivity index (χ3n) is 4.29. The Morgan fingerprint density at radius 2 is 1.56 bits per heavy atom. The van der Waals surface area contributed by atoms with Crippen LogP contribution in [0.5, 0.6) is 17.2 Å². The molecule has 0 fully saturated rings. The van der Waals surface area contributed by atoms with Gasteiger partial charge in [-0.3, -0.25) is 4.57 Å². The SMILES string of the molecule is COc1cc(-c2nc3cc(-n4cnnc4)cc(C)c3o2)cc(OC)c1OC. The first kappa shape index (κ1) is 16.9. The molecule has 8 nitrogen and oxygen atoms in total. The molecule has 4 rings (SSSR count). The van der Waals surface area contributed by atoms with Crippen molar-refractivity contribution in [1.82, 2.24) is 19.7 Å². The van der Waals surface area contributed by atoms with E-state index < -0.39 is 0 Å². The lowest BCUT2D eigenvalue weighted by molar-refractivity contribution is 0.324. The molecule has 0 aliphatic rings. The molecule has 27 heavy (non-hydrogen) atoms. The van der Waals surface area contributed by atoms with Gasteiger partial charge in [0.25, 0.3) is 0 Å². The van der Waals surface area contributed by atoms with Gasteiger partial charge in [0, 0.05) is 5.56 Å². The molecule has 0 spiro atoms. The average molecular weight is 366 g/mol. The first-order valence-corrected chi connectivity index (χ1v) is 8.21. The van der Waals surface area contributed by atoms with Gasteiger partial charge in [-0.05, 0) is 36.8 Å². The minimum atomic E-state index is 0.466. The zero-order chi connectivity index (χ0) is 19.0. The Bertz CT molecular complexity index is 1080. The number of methoxy groups -OCH3 is 3. The third kappa shape index (κ3) is 2.84. The fourth-order valence-corrected chi connectivity index (χ4v) is 2.99. The fraction of sp³-hybridized carbons (Fsp3) is 0.211. The molecule has 0 aliphatic carbocycles. The van der Waals surface area contributed by atoms with Crippen LogP contribution in [-0.4, -0.2) is 41.1 Å². The maximum absolute atomic E-state index is 6.03. The molecule has 138 valence electrons. The Morgan fingerprint density at radius 3 is 2.15 bits per heavy atom. The largest absolute Gasteiger partial charge is 0.493 e. The lowest BCUT2D eigenvalue weighted by Crippen LogP contribution is -1.95. The van der Waals surface area contributed by atoms with Crippen LogP contribution in [0.25, 0.3) is 28.2 Å². The van der Waals surface area contributed by atoms with E-state index >= 15 is 0 Å². The number of fused-ring (bicyclic) bond motifs is 1. The van der Waals surface area contributed by atoms with Crippen LogP contribution in [0.4, 0.5) is 0 Å². The van der Waals surface area contributed by atoms with Crippen molar-refractivity contribution < 1.29 is 18.6 Å². The first-order chi connectivity index (χ1) is 13.1. The number of oxazole rings is 1. The molecule has 2 aromatic carbocycles. The minimum Gasteiger partial charge on any atom is -0.493 e. The molecule has 0 saturated heterocycles. The van der Waals surface area contributed by atoms with Gasteiger partial charge in [-0.1, -0.05) is 0 Å². The summed E-state index contributed by atoms with van der Waals surface area (Å²) in [5.74, 6) is 2.06. The lowest BCUT2D eigenvalue weighted by Gasteiger charge is -2.12. The molecule has 0 amide bonds. The van der Waals surface area contributed by atoms with Crippen LogP contribution in [0, 0.1) is 6.92 Å². The second-order valence-electron chi connectivity index (χ2n) is 5.91. The maximum Gasteiger partial charge on any atom is 0.227 e. The average Bonchev–Trinajstić information content (AvgIpc) is 3.36. The number of rotatable bonds is 5. The van der Waals surface area contributed by atoms with Crippen LogP contribution in [0.15, 0.2) is 41.3 Å². The molecular formula is C19H18N4O4. The molecule has 0 aliphatic heterocycles. The van der Waals surface area contributed by atoms with Gasteiger partial charge in [0.1, 0.15) is 18.2 Å². The highest BCUT2D eigenvalue weighted by molar-refractivity contribution is 5.82. The van der Waals surface area contributed by atoms with Crippen LogP contribution >= 0.6 is 0 Å². The van der Waals surface area contributed by atoms with Gasteiger partial charge in [-0.25, -0.2) is 4.98 Å². The van der Waals surface area contributed by atoms with E-state index in [1.54, 1.807) is 34.0 Å². The van der Waals surface area contributed by atoms with E-state index in [4.69, 9.17) is 18.6 Å². The molecule has 0 saturated carbocycles. The molecule has 0 unspecified atom stereocenters. The van der Waals surface area contributed by atoms with Crippen molar-refractivity contribution in [2.75, 3.05) is 21.3 Å². The second kappa shape index (κ2) is 6.64. The van der Waals surface area contributed by atoms with E-state index in [2.05, 4.69) is 15.2 Å². The Balaban J connectivity index is 1.86. The zero-order valence-corrected chi connectivity index (χ0v) is 15.4. The third-order valence-corrected chi connectivity index (χ3v) is 4.29. The molecule has 0 radical (unpaired) electrons. The molecule has 8 heteroatoms. The van der Waals surface area contributed by atoms with E-state index in [0.29, 0.717) is 23.1 Å². The van der Waals surface area contributed by atoms with Gasteiger partial charge in [0.2, 0.25) is 11.6 Å². The summed E-state index contributed by atoms with van der Waals surface area (Å²) in [4.78, 5) is 4.65. The van der Waals surface area contributed by atoms with Gasteiger partial charge in [-0.2, -0.15) is 0 Å². The van der Waals surface area contributed by atoms with Crippen molar-refractivity contribution in [1.29, 1.82) is 0 Å². The van der Waals surface area contributed by atoms with Crippen LogP contribution in [-0.2, 0) is 0 Å². The summed E-state index contributed by atoms with van der Waals surface area (Å²) in [6.07, 6.45) is 3.28. The monoisotopic (exact) mass is 366 g/mol. The number of aromatic nitrogens is 4. The highest BCUT2D eigenvalue weighted by Crippen LogP contribution is 2.41. The van der Waals surface area contributed by atoms with Crippen LogP contribution in [0.2, 0.25) is 0 Å². The van der Waals surface area contributed by atoms with Gasteiger partial charge < -0.3 is 18.6 Å². The minimum absolute atomic E-state index is 0.466. The Labute approximate surface area is 155 Å². The number of nitrogens with zero attached hydrogens (tertiary/aromatic N) is 4. The smallest absolute Gasteiger partial charge is 0.227 e. The molecule has 0 atom stereocenters. The van der Waals surface area contributed by atoms with E-state index in [1.165, 1.54) is 0 Å². The Morgan fingerprint density at radius 1 is 0.889 bits per heavy atom. The first-order valence-electron chi connectivity index (χ1n) is 8.21. The van der Waals surface area contributed by atoms with Crippen molar-refractivity contribution >= 4 is 11.1 Å². The highest BCUT2D eigenvalue weighted by atomic mass is 16.5. The van der Waals surface area contributed by atoms with E-state index in [9.17, 15) is 0 Å². The number of aryl methyl sites for hydroxylation is 1. The number of benzene rings is 2. The predicted molar refractivity (Wildman–Crippen MR) is 98.8 cm³/mol. The van der Waals surface area contributed by atoms with Crippen molar-refractivity contribution in [3.63, 3.8) is 0 Å². The summed E-state index contributed by atoms with van der Waals surface area (Å²) in [5.41, 5.74) is 4.06. The van der Waals surface area contributed by atoms with Crippen molar-refractivity contribution in [2.45, 2.75) is 6.92 Å². The summed E-state index contributed by atoms with van der Waals surface area (Å²) in [6, 6.07) is 7.54. The topological polar surface area (TPSA) is 84.4 Å². The quantitative estimate of drug-likeness (QED) is 0.535. The van der Waals surface area contributed by atoms with Crippen molar-refractivity contribution in [2.24, 2.45) is 0 Å². The molecule has 0 N–H and O–H groups in total. The maximum atomic E-state index is 6.03. The molecule has 2 aromatic heterocycles. The van der Waals surface area contributed by atoms with Crippen molar-refractivity contribution in [3.8, 4) is 34.4 Å². The predicted octanol–water partition coefficient (Wildman–Crippen LogP) is 3.41. The normalized spacial score (nSPS) is 11.0. The van der Waals surface area contributed by atoms with Crippen molar-refractivity contribution in [3.05, 3.63) is 42.5 Å². The van der Waals surface area contributed by atoms with Crippen LogP contribution in [0.1, 0.15) is 5.56 Å². The molecule has 0 bridgehead atoms. The highest BCUT2D eigenvalue weighted by Gasteiger charge is 2.18. The van der Waals surface area contributed by atoms with Crippen LogP contribution < -0.4 is 14.2 Å². The molecular weight excluding hydrogens is 348 g/mol. The number of hydrogen-bond donors (Lipinski definition) is 0. The summed E-state index contributed by atoms with van der Waals surface area (Å²) >= 11 is 0. The van der Waals surface area contributed by atoms with Gasteiger partial charge >= 0.3 is 0 Å². The summed E-state index contributed by atoms with van der Waals surface area (Å²) in [7, 11) is 4.71. The van der Waals surface area contributed by atoms with E-state index in [-0.39, 0.29) is 0 Å². The van der Waals surface area contributed by atoms with E-state index in [0.717, 1.165) is 27.9 Å².